The molecule has 0 saturated heterocycles. The summed E-state index contributed by atoms with van der Waals surface area (Å²) in [4.78, 5) is 6.04. The molecule has 1 aliphatic carbocycles. The zero-order chi connectivity index (χ0) is 14.1. The number of aryl methyl sites for hydroxylation is 2. The molecule has 1 saturated carbocycles. The lowest BCUT2D eigenvalue weighted by Gasteiger charge is -2.10. The van der Waals surface area contributed by atoms with Crippen LogP contribution in [0.25, 0.3) is 11.4 Å². The van der Waals surface area contributed by atoms with Crippen LogP contribution >= 0.6 is 27.5 Å². The first-order valence-electron chi connectivity index (χ1n) is 7.24. The molecule has 0 amide bonds. The van der Waals surface area contributed by atoms with Crippen LogP contribution in [0.1, 0.15) is 41.8 Å². The molecule has 2 nitrogen and oxygen atoms in total. The zero-order valence-electron chi connectivity index (χ0n) is 11.9. The van der Waals surface area contributed by atoms with Gasteiger partial charge in [-0.05, 0) is 71.3 Å². The van der Waals surface area contributed by atoms with Gasteiger partial charge < -0.3 is 0 Å². The third-order valence-electron chi connectivity index (χ3n) is 4.22. The average Bonchev–Trinajstić information content (AvgIpc) is 3.05. The maximum Gasteiger partial charge on any atom is 0.106 e. The van der Waals surface area contributed by atoms with Crippen LogP contribution in [0.2, 0.25) is 0 Å². The second kappa shape index (κ2) is 5.94. The van der Waals surface area contributed by atoms with Gasteiger partial charge in [0.25, 0.3) is 0 Å². The van der Waals surface area contributed by atoms with Crippen LogP contribution < -0.4 is 0 Å². The summed E-state index contributed by atoms with van der Waals surface area (Å²) >= 11 is 5.13. The maximum atomic E-state index is 4.69. The highest BCUT2D eigenvalue weighted by atomic mass is 79.9. The molecule has 0 unspecified atom stereocenters. The Kier molecular flexibility index (Phi) is 4.22. The number of pyridine rings is 1. The van der Waals surface area contributed by atoms with Crippen LogP contribution in [0.15, 0.2) is 16.6 Å². The van der Waals surface area contributed by atoms with Crippen molar-refractivity contribution in [1.29, 1.82) is 0 Å². The van der Waals surface area contributed by atoms with Crippen molar-refractivity contribution in [1.82, 2.24) is 9.36 Å². The summed E-state index contributed by atoms with van der Waals surface area (Å²) in [5.41, 5.74) is 4.58. The van der Waals surface area contributed by atoms with Crippen molar-refractivity contribution < 1.29 is 0 Å². The van der Waals surface area contributed by atoms with Crippen molar-refractivity contribution >= 4 is 27.5 Å². The van der Waals surface area contributed by atoms with Crippen molar-refractivity contribution in [2.24, 2.45) is 5.92 Å². The van der Waals surface area contributed by atoms with Gasteiger partial charge in [0.1, 0.15) is 5.69 Å². The van der Waals surface area contributed by atoms with E-state index >= 15 is 0 Å². The number of nitrogens with zero attached hydrogens (tertiary/aromatic N) is 2. The lowest BCUT2D eigenvalue weighted by Crippen LogP contribution is -2.01. The Balaban J connectivity index is 1.94. The predicted molar refractivity (Wildman–Crippen MR) is 88.2 cm³/mol. The molecule has 0 spiro atoms. The van der Waals surface area contributed by atoms with Crippen LogP contribution in [0.4, 0.5) is 0 Å². The number of hydrogen-bond acceptors (Lipinski definition) is 3. The van der Waals surface area contributed by atoms with E-state index in [4.69, 9.17) is 0 Å². The second-order valence-corrected chi connectivity index (χ2v) is 7.52. The van der Waals surface area contributed by atoms with E-state index < -0.39 is 0 Å². The quantitative estimate of drug-likeness (QED) is 0.748. The van der Waals surface area contributed by atoms with Gasteiger partial charge in [-0.15, -0.1) is 0 Å². The van der Waals surface area contributed by atoms with E-state index in [1.165, 1.54) is 42.5 Å². The van der Waals surface area contributed by atoms with Crippen LogP contribution in [0, 0.1) is 19.8 Å². The van der Waals surface area contributed by atoms with E-state index in [9.17, 15) is 0 Å². The number of aromatic nitrogens is 2. The topological polar surface area (TPSA) is 25.8 Å². The SMILES string of the molecule is Cc1nc(-c2nsc(C)c2CC2CCCC2)ccc1Br. The fraction of sp³-hybridized carbons (Fsp3) is 0.500. The molecule has 2 aromatic heterocycles. The number of rotatable bonds is 3. The lowest BCUT2D eigenvalue weighted by molar-refractivity contribution is 0.546. The van der Waals surface area contributed by atoms with Crippen molar-refractivity contribution in [2.45, 2.75) is 46.0 Å². The normalized spacial score (nSPS) is 15.9. The molecule has 1 fully saturated rings. The standard InChI is InChI=1S/C16H19BrN2S/c1-10-14(17)7-8-15(18-10)16-13(11(2)20-19-16)9-12-5-3-4-6-12/h7-8,12H,3-6,9H2,1-2H3. The van der Waals surface area contributed by atoms with E-state index in [-0.39, 0.29) is 0 Å². The summed E-state index contributed by atoms with van der Waals surface area (Å²) in [7, 11) is 0. The van der Waals surface area contributed by atoms with E-state index in [0.29, 0.717) is 0 Å². The highest BCUT2D eigenvalue weighted by Gasteiger charge is 2.21. The molecule has 106 valence electrons. The van der Waals surface area contributed by atoms with Gasteiger partial charge in [-0.2, -0.15) is 4.37 Å². The summed E-state index contributed by atoms with van der Waals surface area (Å²) < 4.78 is 5.72. The molecule has 0 aliphatic heterocycles. The molecular weight excluding hydrogens is 332 g/mol. The van der Waals surface area contributed by atoms with Crippen molar-refractivity contribution in [2.75, 3.05) is 0 Å². The van der Waals surface area contributed by atoms with Gasteiger partial charge in [-0.3, -0.25) is 4.98 Å². The molecule has 0 radical (unpaired) electrons. The van der Waals surface area contributed by atoms with Gasteiger partial charge in [0.15, 0.2) is 0 Å². The minimum Gasteiger partial charge on any atom is -0.250 e. The van der Waals surface area contributed by atoms with E-state index in [1.807, 2.05) is 6.92 Å². The van der Waals surface area contributed by atoms with Crippen LogP contribution in [-0.4, -0.2) is 9.36 Å². The summed E-state index contributed by atoms with van der Waals surface area (Å²) in [6.07, 6.45) is 6.72. The Labute approximate surface area is 132 Å². The fourth-order valence-electron chi connectivity index (χ4n) is 3.01. The van der Waals surface area contributed by atoms with Crippen LogP contribution in [0.5, 0.6) is 0 Å². The monoisotopic (exact) mass is 350 g/mol. The predicted octanol–water partition coefficient (Wildman–Crippen LogP) is 5.32. The zero-order valence-corrected chi connectivity index (χ0v) is 14.4. The maximum absolute atomic E-state index is 4.69. The third kappa shape index (κ3) is 2.82. The highest BCUT2D eigenvalue weighted by Crippen LogP contribution is 2.34. The van der Waals surface area contributed by atoms with Crippen molar-refractivity contribution in [3.8, 4) is 11.4 Å². The molecule has 1 aliphatic rings. The molecule has 2 aromatic rings. The second-order valence-electron chi connectivity index (χ2n) is 5.68. The number of halogens is 1. The van der Waals surface area contributed by atoms with Crippen LogP contribution in [0.3, 0.4) is 0 Å². The molecule has 2 heterocycles. The smallest absolute Gasteiger partial charge is 0.106 e. The first-order valence-corrected chi connectivity index (χ1v) is 8.80. The van der Waals surface area contributed by atoms with Crippen molar-refractivity contribution in [3.63, 3.8) is 0 Å². The Bertz CT molecular complexity index is 615. The Morgan fingerprint density at radius 2 is 2.00 bits per heavy atom. The number of hydrogen-bond donors (Lipinski definition) is 0. The average molecular weight is 351 g/mol. The summed E-state index contributed by atoms with van der Waals surface area (Å²) in [6.45, 7) is 4.22. The third-order valence-corrected chi connectivity index (χ3v) is 5.85. The minimum atomic E-state index is 0.848. The van der Waals surface area contributed by atoms with E-state index in [1.54, 1.807) is 11.5 Å². The lowest BCUT2D eigenvalue weighted by atomic mass is 9.96. The largest absolute Gasteiger partial charge is 0.250 e. The van der Waals surface area contributed by atoms with E-state index in [2.05, 4.69) is 44.3 Å². The Morgan fingerprint density at radius 1 is 1.25 bits per heavy atom. The van der Waals surface area contributed by atoms with Gasteiger partial charge >= 0.3 is 0 Å². The van der Waals surface area contributed by atoms with Gasteiger partial charge in [-0.25, -0.2) is 0 Å². The summed E-state index contributed by atoms with van der Waals surface area (Å²) in [5.74, 6) is 0.848. The molecule has 20 heavy (non-hydrogen) atoms. The molecule has 0 aromatic carbocycles. The van der Waals surface area contributed by atoms with Gasteiger partial charge in [0, 0.05) is 9.35 Å². The van der Waals surface area contributed by atoms with Gasteiger partial charge in [0.2, 0.25) is 0 Å². The highest BCUT2D eigenvalue weighted by molar-refractivity contribution is 9.10. The van der Waals surface area contributed by atoms with E-state index in [0.717, 1.165) is 27.5 Å². The summed E-state index contributed by atoms with van der Waals surface area (Å²) in [5, 5.41) is 0. The molecule has 0 atom stereocenters. The molecule has 4 heteroatoms. The first-order chi connectivity index (χ1) is 9.65. The first kappa shape index (κ1) is 14.2. The van der Waals surface area contributed by atoms with Crippen LogP contribution in [-0.2, 0) is 6.42 Å². The van der Waals surface area contributed by atoms with Gasteiger partial charge in [0.05, 0.1) is 11.4 Å². The minimum absolute atomic E-state index is 0.848. The molecule has 0 N–H and O–H groups in total. The van der Waals surface area contributed by atoms with Crippen molar-refractivity contribution in [3.05, 3.63) is 32.7 Å². The molecular formula is C16H19BrN2S. The molecule has 3 rings (SSSR count). The molecule has 0 bridgehead atoms. The summed E-state index contributed by atoms with van der Waals surface area (Å²) in [6, 6.07) is 4.15. The Hall–Kier alpha value is -0.740. The fourth-order valence-corrected chi connectivity index (χ4v) is 3.95. The Morgan fingerprint density at radius 3 is 2.70 bits per heavy atom. The van der Waals surface area contributed by atoms with Gasteiger partial charge in [-0.1, -0.05) is 25.7 Å².